The number of hydrogen-bond donors (Lipinski definition) is 1. The second-order valence-corrected chi connectivity index (χ2v) is 5.87. The molecular formula is C17H12F2N2O3. The molecule has 1 spiro atoms. The van der Waals surface area contributed by atoms with Crippen molar-refractivity contribution in [1.82, 2.24) is 4.98 Å². The highest BCUT2D eigenvalue weighted by Crippen LogP contribution is 2.59. The molecule has 0 fully saturated rings. The lowest BCUT2D eigenvalue weighted by atomic mass is 9.76. The second-order valence-electron chi connectivity index (χ2n) is 5.87. The first kappa shape index (κ1) is 14.7. The largest absolute Gasteiger partial charge is 0.465 e. The van der Waals surface area contributed by atoms with Crippen LogP contribution >= 0.6 is 0 Å². The number of anilines is 1. The summed E-state index contributed by atoms with van der Waals surface area (Å²) >= 11 is 0. The Kier molecular flexibility index (Phi) is 2.82. The molecular weight excluding hydrogens is 318 g/mol. The number of pyridine rings is 1. The van der Waals surface area contributed by atoms with Crippen molar-refractivity contribution in [3.05, 3.63) is 58.8 Å². The third-order valence-electron chi connectivity index (χ3n) is 4.75. The van der Waals surface area contributed by atoms with E-state index in [0.29, 0.717) is 5.56 Å². The van der Waals surface area contributed by atoms with Gasteiger partial charge in [0.05, 0.1) is 12.7 Å². The van der Waals surface area contributed by atoms with Crippen LogP contribution in [0.2, 0.25) is 0 Å². The number of nitrogens with zero attached hydrogens (tertiary/aromatic N) is 1. The molecule has 2 heterocycles. The van der Waals surface area contributed by atoms with Crippen LogP contribution in [0.25, 0.3) is 0 Å². The van der Waals surface area contributed by atoms with Gasteiger partial charge in [0.2, 0.25) is 5.91 Å². The molecule has 1 aromatic heterocycles. The Morgan fingerprint density at radius 1 is 1.29 bits per heavy atom. The van der Waals surface area contributed by atoms with Gasteiger partial charge in [-0.2, -0.15) is 8.78 Å². The van der Waals surface area contributed by atoms with E-state index in [1.165, 1.54) is 37.6 Å². The fraction of sp³-hybridized carbons (Fsp3) is 0.235. The van der Waals surface area contributed by atoms with Gasteiger partial charge in [-0.25, -0.2) is 9.78 Å². The van der Waals surface area contributed by atoms with E-state index >= 15 is 8.78 Å². The molecule has 7 heteroatoms. The summed E-state index contributed by atoms with van der Waals surface area (Å²) < 4.78 is 35.3. The number of carbonyl (C=O) groups is 2. The summed E-state index contributed by atoms with van der Waals surface area (Å²) in [5.74, 6) is -4.79. The van der Waals surface area contributed by atoms with Gasteiger partial charge >= 0.3 is 5.97 Å². The first-order valence-corrected chi connectivity index (χ1v) is 7.28. The number of esters is 1. The van der Waals surface area contributed by atoms with Crippen LogP contribution in [0.4, 0.5) is 14.6 Å². The fourth-order valence-electron chi connectivity index (χ4n) is 3.57. The smallest absolute Gasteiger partial charge is 0.337 e. The lowest BCUT2D eigenvalue weighted by molar-refractivity contribution is -0.138. The Morgan fingerprint density at radius 3 is 2.83 bits per heavy atom. The number of nitrogens with one attached hydrogen (secondary N) is 1. The molecule has 0 saturated carbocycles. The molecule has 1 aliphatic carbocycles. The molecule has 2 aromatic rings. The maximum atomic E-state index is 15.3. The van der Waals surface area contributed by atoms with Crippen LogP contribution < -0.4 is 5.32 Å². The minimum atomic E-state index is -3.47. The van der Waals surface area contributed by atoms with E-state index in [0.717, 1.165) is 6.07 Å². The number of hydrogen-bond acceptors (Lipinski definition) is 4. The third-order valence-corrected chi connectivity index (χ3v) is 4.75. The van der Waals surface area contributed by atoms with Crippen molar-refractivity contribution in [2.75, 3.05) is 12.4 Å². The molecule has 1 aliphatic heterocycles. The predicted molar refractivity (Wildman–Crippen MR) is 79.9 cm³/mol. The molecule has 1 aromatic carbocycles. The van der Waals surface area contributed by atoms with Gasteiger partial charge < -0.3 is 10.1 Å². The Balaban J connectivity index is 1.93. The first-order valence-electron chi connectivity index (χ1n) is 7.28. The molecule has 0 bridgehead atoms. The summed E-state index contributed by atoms with van der Waals surface area (Å²) in [6.45, 7) is 0. The van der Waals surface area contributed by atoms with Gasteiger partial charge in [0, 0.05) is 17.3 Å². The zero-order valence-corrected chi connectivity index (χ0v) is 12.6. The topological polar surface area (TPSA) is 68.3 Å². The van der Waals surface area contributed by atoms with E-state index in [-0.39, 0.29) is 28.9 Å². The minimum absolute atomic E-state index is 0.0257. The SMILES string of the molecule is COC(=O)c1ccc2c(c1)C(F)(F)C1(C2)C(=O)Nc2ncccc21. The van der Waals surface area contributed by atoms with Gasteiger partial charge in [-0.1, -0.05) is 12.1 Å². The minimum Gasteiger partial charge on any atom is -0.465 e. The Labute approximate surface area is 135 Å². The second kappa shape index (κ2) is 4.59. The molecule has 24 heavy (non-hydrogen) atoms. The summed E-state index contributed by atoms with van der Waals surface area (Å²) in [5.41, 5.74) is -1.82. The van der Waals surface area contributed by atoms with Gasteiger partial charge in [-0.3, -0.25) is 4.79 Å². The molecule has 2 aliphatic rings. The van der Waals surface area contributed by atoms with Gasteiger partial charge in [-0.05, 0) is 30.2 Å². The van der Waals surface area contributed by atoms with Crippen molar-refractivity contribution in [3.63, 3.8) is 0 Å². The number of ether oxygens (including phenoxy) is 1. The van der Waals surface area contributed by atoms with Crippen molar-refractivity contribution < 1.29 is 23.1 Å². The lowest BCUT2D eigenvalue weighted by Crippen LogP contribution is -2.46. The average Bonchev–Trinajstić information content (AvgIpc) is 3.00. The maximum absolute atomic E-state index is 15.3. The van der Waals surface area contributed by atoms with Crippen molar-refractivity contribution in [3.8, 4) is 0 Å². The molecule has 1 unspecified atom stereocenters. The monoisotopic (exact) mass is 330 g/mol. The number of carbonyl (C=O) groups excluding carboxylic acids is 2. The Morgan fingerprint density at radius 2 is 2.08 bits per heavy atom. The molecule has 0 saturated heterocycles. The number of amides is 1. The number of methoxy groups -OCH3 is 1. The molecule has 1 atom stereocenters. The van der Waals surface area contributed by atoms with Gasteiger partial charge in [0.15, 0.2) is 0 Å². The van der Waals surface area contributed by atoms with Crippen LogP contribution in [0, 0.1) is 0 Å². The van der Waals surface area contributed by atoms with Gasteiger partial charge in [0.25, 0.3) is 5.92 Å². The zero-order valence-electron chi connectivity index (χ0n) is 12.6. The normalized spacial score (nSPS) is 22.9. The molecule has 4 rings (SSSR count). The summed E-state index contributed by atoms with van der Waals surface area (Å²) in [6, 6.07) is 7.00. The highest BCUT2D eigenvalue weighted by molar-refractivity contribution is 6.07. The van der Waals surface area contributed by atoms with Crippen LogP contribution in [0.15, 0.2) is 36.5 Å². The summed E-state index contributed by atoms with van der Waals surface area (Å²) in [4.78, 5) is 28.1. The van der Waals surface area contributed by atoms with Crippen LogP contribution in [0.3, 0.4) is 0 Å². The maximum Gasteiger partial charge on any atom is 0.337 e. The van der Waals surface area contributed by atoms with Crippen LogP contribution in [-0.2, 0) is 27.3 Å². The number of aromatic nitrogens is 1. The first-order chi connectivity index (χ1) is 11.4. The molecule has 122 valence electrons. The van der Waals surface area contributed by atoms with E-state index in [4.69, 9.17) is 0 Å². The van der Waals surface area contributed by atoms with Crippen LogP contribution in [-0.4, -0.2) is 24.0 Å². The van der Waals surface area contributed by atoms with E-state index in [2.05, 4.69) is 15.0 Å². The van der Waals surface area contributed by atoms with Crippen molar-refractivity contribution in [1.29, 1.82) is 0 Å². The van der Waals surface area contributed by atoms with E-state index in [1.54, 1.807) is 0 Å². The standard InChI is InChI=1S/C17H12F2N2O3/c1-24-14(22)9-4-5-10-8-16(17(18,19)12(10)7-9)11-3-2-6-20-13(11)21-15(16)23/h2-7H,8H2,1H3,(H,20,21,23). The van der Waals surface area contributed by atoms with E-state index in [9.17, 15) is 9.59 Å². The number of rotatable bonds is 1. The summed E-state index contributed by atoms with van der Waals surface area (Å²) in [6.07, 6.45) is 1.29. The number of benzene rings is 1. The fourth-order valence-corrected chi connectivity index (χ4v) is 3.57. The van der Waals surface area contributed by atoms with Crippen molar-refractivity contribution in [2.24, 2.45) is 0 Å². The molecule has 1 N–H and O–H groups in total. The number of alkyl halides is 2. The van der Waals surface area contributed by atoms with Crippen molar-refractivity contribution in [2.45, 2.75) is 17.8 Å². The molecule has 0 radical (unpaired) electrons. The number of fused-ring (bicyclic) bond motifs is 3. The Bertz CT molecular complexity index is 897. The number of halogens is 2. The van der Waals surface area contributed by atoms with Crippen LogP contribution in [0.5, 0.6) is 0 Å². The lowest BCUT2D eigenvalue weighted by Gasteiger charge is -2.29. The average molecular weight is 330 g/mol. The van der Waals surface area contributed by atoms with E-state index < -0.39 is 23.2 Å². The summed E-state index contributed by atoms with van der Waals surface area (Å²) in [5, 5.41) is 2.45. The highest BCUT2D eigenvalue weighted by atomic mass is 19.3. The highest BCUT2D eigenvalue weighted by Gasteiger charge is 2.68. The molecule has 1 amide bonds. The van der Waals surface area contributed by atoms with Crippen molar-refractivity contribution >= 4 is 17.7 Å². The van der Waals surface area contributed by atoms with Gasteiger partial charge in [0.1, 0.15) is 11.2 Å². The van der Waals surface area contributed by atoms with E-state index in [1.807, 2.05) is 0 Å². The third kappa shape index (κ3) is 1.59. The quantitative estimate of drug-likeness (QED) is 0.815. The predicted octanol–water partition coefficient (Wildman–Crippen LogP) is 2.41. The van der Waals surface area contributed by atoms with Gasteiger partial charge in [-0.15, -0.1) is 0 Å². The molecule has 5 nitrogen and oxygen atoms in total. The Hall–Kier alpha value is -2.83. The van der Waals surface area contributed by atoms with Crippen LogP contribution in [0.1, 0.15) is 27.0 Å². The summed E-state index contributed by atoms with van der Waals surface area (Å²) in [7, 11) is 1.18. The zero-order chi connectivity index (χ0) is 17.1.